The van der Waals surface area contributed by atoms with Crippen molar-refractivity contribution in [2.45, 2.75) is 62.7 Å². The molecule has 4 aliphatic rings. The summed E-state index contributed by atoms with van der Waals surface area (Å²) in [6, 6.07) is 0. The lowest BCUT2D eigenvalue weighted by molar-refractivity contribution is -0.119. The Bertz CT molecular complexity index is 1050. The van der Waals surface area contributed by atoms with Crippen molar-refractivity contribution in [3.05, 3.63) is 16.0 Å². The van der Waals surface area contributed by atoms with Gasteiger partial charge < -0.3 is 14.8 Å². The van der Waals surface area contributed by atoms with Crippen LogP contribution in [0.3, 0.4) is 0 Å². The summed E-state index contributed by atoms with van der Waals surface area (Å²) in [5.41, 5.74) is 5.81. The van der Waals surface area contributed by atoms with E-state index in [4.69, 9.17) is 9.47 Å². The van der Waals surface area contributed by atoms with Gasteiger partial charge in [0, 0.05) is 30.0 Å². The fourth-order valence-electron chi connectivity index (χ4n) is 4.74. The Morgan fingerprint density at radius 2 is 2.31 bits per heavy atom. The lowest BCUT2D eigenvalue weighted by Gasteiger charge is -2.34. The molecule has 2 aromatic heterocycles. The minimum absolute atomic E-state index is 0.0154. The molecule has 0 spiro atoms. The Morgan fingerprint density at radius 3 is 3.16 bits per heavy atom. The van der Waals surface area contributed by atoms with Crippen LogP contribution in [0.1, 0.15) is 48.9 Å². The predicted molar refractivity (Wildman–Crippen MR) is 121 cm³/mol. The number of amides is 1. The number of hydrogen-bond donors (Lipinski definition) is 3. The zero-order valence-corrected chi connectivity index (χ0v) is 19.8. The van der Waals surface area contributed by atoms with Crippen molar-refractivity contribution in [3.8, 4) is 5.00 Å². The van der Waals surface area contributed by atoms with Crippen LogP contribution >= 0.6 is 23.1 Å². The second-order valence-electron chi connectivity index (χ2n) is 9.11. The number of hydrogen-bond acceptors (Lipinski definition) is 10. The van der Waals surface area contributed by atoms with Crippen LogP contribution in [0, 0.1) is 0 Å². The van der Waals surface area contributed by atoms with E-state index in [1.54, 1.807) is 11.3 Å². The van der Waals surface area contributed by atoms with Gasteiger partial charge in [-0.15, -0.1) is 21.5 Å². The number of rotatable bonds is 5. The van der Waals surface area contributed by atoms with Crippen molar-refractivity contribution in [2.24, 2.45) is 0 Å². The molecule has 2 atom stereocenters. The van der Waals surface area contributed by atoms with E-state index in [1.165, 1.54) is 27.8 Å². The van der Waals surface area contributed by atoms with Crippen LogP contribution in [0.5, 0.6) is 0 Å². The molecule has 0 radical (unpaired) electrons. The lowest BCUT2D eigenvalue weighted by Crippen LogP contribution is -2.40. The van der Waals surface area contributed by atoms with E-state index in [-0.39, 0.29) is 29.5 Å². The van der Waals surface area contributed by atoms with Gasteiger partial charge in [-0.3, -0.25) is 15.1 Å². The SMILES string of the molecule is CC1(C)Cc2c(sc3c2C2NCNN2c2nnc(SCC(=O)NC[C@@H]4CCCO4)n2-3)CO1. The first-order valence-corrected chi connectivity index (χ1v) is 12.8. The Balaban J connectivity index is 1.27. The van der Waals surface area contributed by atoms with Gasteiger partial charge in [-0.25, -0.2) is 9.99 Å². The molecular weight excluding hydrogens is 450 g/mol. The van der Waals surface area contributed by atoms with Crippen molar-refractivity contribution < 1.29 is 14.3 Å². The molecule has 0 aromatic carbocycles. The highest BCUT2D eigenvalue weighted by molar-refractivity contribution is 7.99. The zero-order chi connectivity index (χ0) is 21.9. The summed E-state index contributed by atoms with van der Waals surface area (Å²) in [5, 5.41) is 19.3. The molecule has 1 amide bonds. The summed E-state index contributed by atoms with van der Waals surface area (Å²) in [4.78, 5) is 13.7. The molecule has 2 saturated heterocycles. The lowest BCUT2D eigenvalue weighted by atomic mass is 9.92. The van der Waals surface area contributed by atoms with Crippen LogP contribution in [0.15, 0.2) is 5.16 Å². The first kappa shape index (κ1) is 20.9. The van der Waals surface area contributed by atoms with Crippen molar-refractivity contribution in [1.82, 2.24) is 30.8 Å². The number of hydrazine groups is 1. The standard InChI is InChI=1S/C20H27N7O3S2/c1-20(2)6-12-13(8-30-20)32-17-15(12)16-22-10-23-27(16)18-24-25-19(26(17)18)31-9-14(28)21-7-11-4-3-5-29-11/h11,16,22-23H,3-10H2,1-2H3,(H,21,28)/t11-,16?/m0/s1. The third-order valence-corrected chi connectivity index (χ3v) is 8.44. The third kappa shape index (κ3) is 3.53. The fraction of sp³-hybridized carbons (Fsp3) is 0.650. The van der Waals surface area contributed by atoms with Gasteiger partial charge in [0.2, 0.25) is 11.9 Å². The number of anilines is 1. The first-order chi connectivity index (χ1) is 15.5. The van der Waals surface area contributed by atoms with Gasteiger partial charge in [0.15, 0.2) is 5.16 Å². The van der Waals surface area contributed by atoms with E-state index in [9.17, 15) is 4.79 Å². The van der Waals surface area contributed by atoms with Crippen molar-refractivity contribution in [1.29, 1.82) is 0 Å². The topological polar surface area (TPSA) is 106 Å². The number of carbonyl (C=O) groups excluding carboxylic acids is 1. The molecule has 2 aromatic rings. The van der Waals surface area contributed by atoms with Crippen LogP contribution in [0.2, 0.25) is 0 Å². The smallest absolute Gasteiger partial charge is 0.249 e. The summed E-state index contributed by atoms with van der Waals surface area (Å²) < 4.78 is 13.8. The minimum atomic E-state index is -0.190. The van der Waals surface area contributed by atoms with Gasteiger partial charge >= 0.3 is 0 Å². The van der Waals surface area contributed by atoms with E-state index in [0.29, 0.717) is 19.8 Å². The maximum atomic E-state index is 12.4. The highest BCUT2D eigenvalue weighted by Crippen LogP contribution is 2.48. The Labute approximate surface area is 194 Å². The van der Waals surface area contributed by atoms with Crippen LogP contribution in [-0.4, -0.2) is 57.9 Å². The molecule has 0 bridgehead atoms. The molecule has 6 rings (SSSR count). The summed E-state index contributed by atoms with van der Waals surface area (Å²) in [6.07, 6.45) is 3.10. The molecule has 1 unspecified atom stereocenters. The maximum absolute atomic E-state index is 12.4. The summed E-state index contributed by atoms with van der Waals surface area (Å²) in [6.45, 7) is 6.92. The van der Waals surface area contributed by atoms with E-state index >= 15 is 0 Å². The minimum Gasteiger partial charge on any atom is -0.376 e. The number of fused-ring (bicyclic) bond motifs is 8. The van der Waals surface area contributed by atoms with E-state index in [2.05, 4.69) is 44.7 Å². The number of aromatic nitrogens is 3. The van der Waals surface area contributed by atoms with Crippen LogP contribution in [0.25, 0.3) is 5.00 Å². The quantitative estimate of drug-likeness (QED) is 0.552. The summed E-state index contributed by atoms with van der Waals surface area (Å²) >= 11 is 3.16. The highest BCUT2D eigenvalue weighted by atomic mass is 32.2. The van der Waals surface area contributed by atoms with Gasteiger partial charge in [-0.2, -0.15) is 0 Å². The number of nitrogens with zero attached hydrogens (tertiary/aromatic N) is 4. The van der Waals surface area contributed by atoms with E-state index in [0.717, 1.165) is 42.0 Å². The molecule has 10 nitrogen and oxygen atoms in total. The number of thiophene rings is 1. The monoisotopic (exact) mass is 477 g/mol. The largest absolute Gasteiger partial charge is 0.376 e. The van der Waals surface area contributed by atoms with Gasteiger partial charge in [-0.05, 0) is 32.3 Å². The van der Waals surface area contributed by atoms with Crippen molar-refractivity contribution in [3.63, 3.8) is 0 Å². The van der Waals surface area contributed by atoms with Gasteiger partial charge in [0.25, 0.3) is 0 Å². The van der Waals surface area contributed by atoms with Crippen LogP contribution in [0.4, 0.5) is 5.95 Å². The maximum Gasteiger partial charge on any atom is 0.249 e. The average Bonchev–Trinajstić information content (AvgIpc) is 3.54. The predicted octanol–water partition coefficient (Wildman–Crippen LogP) is 1.45. The molecule has 6 heterocycles. The molecule has 4 aliphatic heterocycles. The third-order valence-electron chi connectivity index (χ3n) is 6.30. The molecule has 0 saturated carbocycles. The Kier molecular flexibility index (Phi) is 5.19. The highest BCUT2D eigenvalue weighted by Gasteiger charge is 2.43. The number of ether oxygens (including phenoxy) is 2. The normalized spacial score (nSPS) is 25.2. The fourth-order valence-corrected chi connectivity index (χ4v) is 6.82. The second kappa shape index (κ2) is 7.96. The molecule has 12 heteroatoms. The second-order valence-corrected chi connectivity index (χ2v) is 11.1. The van der Waals surface area contributed by atoms with Crippen LogP contribution in [-0.2, 0) is 27.3 Å². The van der Waals surface area contributed by atoms with Gasteiger partial charge in [0.1, 0.15) is 11.2 Å². The Morgan fingerprint density at radius 1 is 1.41 bits per heavy atom. The molecule has 0 aliphatic carbocycles. The number of thioether (sulfide) groups is 1. The summed E-state index contributed by atoms with van der Waals surface area (Å²) in [5.74, 6) is 1.02. The van der Waals surface area contributed by atoms with Crippen molar-refractivity contribution in [2.75, 3.05) is 30.6 Å². The molecule has 172 valence electrons. The Hall–Kier alpha value is -1.70. The molecule has 3 N–H and O–H groups in total. The molecular formula is C20H27N7O3S2. The zero-order valence-electron chi connectivity index (χ0n) is 18.1. The van der Waals surface area contributed by atoms with Crippen molar-refractivity contribution >= 4 is 35.0 Å². The van der Waals surface area contributed by atoms with Gasteiger partial charge in [-0.1, -0.05) is 11.8 Å². The van der Waals surface area contributed by atoms with Gasteiger partial charge in [0.05, 0.1) is 30.7 Å². The molecule has 2 fully saturated rings. The molecule has 32 heavy (non-hydrogen) atoms. The number of carbonyl (C=O) groups is 1. The van der Waals surface area contributed by atoms with Crippen LogP contribution < -0.4 is 21.1 Å². The first-order valence-electron chi connectivity index (χ1n) is 11.0. The van der Waals surface area contributed by atoms with E-state index in [1.807, 2.05) is 5.01 Å². The summed E-state index contributed by atoms with van der Waals surface area (Å²) in [7, 11) is 0. The van der Waals surface area contributed by atoms with E-state index < -0.39 is 0 Å². The number of nitrogens with one attached hydrogen (secondary N) is 3. The average molecular weight is 478 g/mol.